The second kappa shape index (κ2) is 8.90. The van der Waals surface area contributed by atoms with Gasteiger partial charge in [-0.2, -0.15) is 0 Å². The van der Waals surface area contributed by atoms with E-state index in [1.165, 1.54) is 12.8 Å². The van der Waals surface area contributed by atoms with Crippen LogP contribution < -0.4 is 5.32 Å². The number of carboxylic acids is 1. The number of carbonyl (C=O) groups excluding carboxylic acids is 1. The Morgan fingerprint density at radius 2 is 1.78 bits per heavy atom. The lowest BCUT2D eigenvalue weighted by molar-refractivity contribution is -0.175. The van der Waals surface area contributed by atoms with E-state index < -0.39 is 5.97 Å². The van der Waals surface area contributed by atoms with Gasteiger partial charge in [0.05, 0.1) is 12.2 Å². The Morgan fingerprint density at radius 1 is 1.03 bits per heavy atom. The highest BCUT2D eigenvalue weighted by Crippen LogP contribution is 2.68. The molecule has 4 aliphatic carbocycles. The summed E-state index contributed by atoms with van der Waals surface area (Å²) in [5, 5.41) is 33.0. The molecule has 4 saturated carbocycles. The lowest BCUT2D eigenvalue weighted by Crippen LogP contribution is -2.58. The van der Waals surface area contributed by atoms with Crippen LogP contribution >= 0.6 is 0 Å². The molecule has 0 aliphatic heterocycles. The normalized spacial score (nSPS) is 46.5. The van der Waals surface area contributed by atoms with Gasteiger partial charge >= 0.3 is 5.97 Å². The molecule has 0 saturated heterocycles. The van der Waals surface area contributed by atoms with Gasteiger partial charge in [-0.1, -0.05) is 20.8 Å². The quantitative estimate of drug-likeness (QED) is 0.496. The molecular formula is C26H43NO5. The number of hydrogen-bond acceptors (Lipinski definition) is 4. The van der Waals surface area contributed by atoms with Crippen molar-refractivity contribution < 1.29 is 24.9 Å². The fraction of sp³-hybridized carbons (Fsp3) is 0.923. The molecule has 4 aliphatic rings. The third-order valence-electron chi connectivity index (χ3n) is 10.8. The van der Waals surface area contributed by atoms with Crippen LogP contribution in [-0.2, 0) is 9.59 Å². The molecule has 4 N–H and O–H groups in total. The van der Waals surface area contributed by atoms with E-state index in [4.69, 9.17) is 5.11 Å². The van der Waals surface area contributed by atoms with Crippen molar-refractivity contribution >= 4 is 11.9 Å². The first-order valence-corrected chi connectivity index (χ1v) is 12.9. The summed E-state index contributed by atoms with van der Waals surface area (Å²) >= 11 is 0. The highest BCUT2D eigenvalue weighted by atomic mass is 16.4. The molecule has 4 rings (SSSR count). The van der Waals surface area contributed by atoms with Crippen molar-refractivity contribution in [2.45, 2.75) is 97.2 Å². The number of aliphatic hydroxyl groups is 2. The zero-order chi connectivity index (χ0) is 23.3. The number of carbonyl (C=O) groups is 2. The average molecular weight is 450 g/mol. The number of aliphatic carboxylic acids is 1. The fourth-order valence-corrected chi connectivity index (χ4v) is 8.98. The van der Waals surface area contributed by atoms with Crippen molar-refractivity contribution in [3.63, 3.8) is 0 Å². The molecule has 0 bridgehead atoms. The van der Waals surface area contributed by atoms with Gasteiger partial charge in [-0.3, -0.25) is 9.59 Å². The van der Waals surface area contributed by atoms with E-state index in [1.54, 1.807) is 0 Å². The first-order valence-electron chi connectivity index (χ1n) is 12.9. The smallest absolute Gasteiger partial charge is 0.322 e. The van der Waals surface area contributed by atoms with E-state index in [1.807, 2.05) is 0 Å². The molecule has 10 atom stereocenters. The lowest BCUT2D eigenvalue weighted by atomic mass is 9.43. The Labute approximate surface area is 192 Å². The molecule has 32 heavy (non-hydrogen) atoms. The van der Waals surface area contributed by atoms with Gasteiger partial charge in [0.25, 0.3) is 0 Å². The van der Waals surface area contributed by atoms with E-state index >= 15 is 0 Å². The zero-order valence-corrected chi connectivity index (χ0v) is 20.1. The minimum atomic E-state index is -1.02. The van der Waals surface area contributed by atoms with Crippen LogP contribution in [0.15, 0.2) is 0 Å². The van der Waals surface area contributed by atoms with Crippen LogP contribution in [0.2, 0.25) is 0 Å². The van der Waals surface area contributed by atoms with Crippen molar-refractivity contribution in [1.82, 2.24) is 5.32 Å². The summed E-state index contributed by atoms with van der Waals surface area (Å²) in [5.41, 5.74) is 0.145. The zero-order valence-electron chi connectivity index (χ0n) is 20.1. The number of rotatable bonds is 6. The highest BCUT2D eigenvalue weighted by molar-refractivity contribution is 5.81. The van der Waals surface area contributed by atoms with E-state index in [0.717, 1.165) is 44.9 Å². The minimum absolute atomic E-state index is 0.102. The molecule has 4 fully saturated rings. The van der Waals surface area contributed by atoms with Crippen LogP contribution in [0.4, 0.5) is 0 Å². The van der Waals surface area contributed by atoms with Gasteiger partial charge < -0.3 is 20.6 Å². The Balaban J connectivity index is 1.45. The van der Waals surface area contributed by atoms with E-state index in [-0.39, 0.29) is 35.5 Å². The van der Waals surface area contributed by atoms with Crippen molar-refractivity contribution in [3.05, 3.63) is 0 Å². The molecule has 0 aromatic carbocycles. The van der Waals surface area contributed by atoms with Gasteiger partial charge in [-0.05, 0) is 104 Å². The van der Waals surface area contributed by atoms with Crippen molar-refractivity contribution in [2.75, 3.05) is 6.54 Å². The number of amides is 1. The largest absolute Gasteiger partial charge is 0.480 e. The van der Waals surface area contributed by atoms with Gasteiger partial charge in [0.2, 0.25) is 5.91 Å². The molecule has 6 nitrogen and oxygen atoms in total. The van der Waals surface area contributed by atoms with Crippen molar-refractivity contribution in [1.29, 1.82) is 0 Å². The van der Waals surface area contributed by atoms with Gasteiger partial charge in [0, 0.05) is 6.42 Å². The summed E-state index contributed by atoms with van der Waals surface area (Å²) in [5.74, 6) is 1.84. The molecule has 0 aromatic rings. The third-order valence-corrected chi connectivity index (χ3v) is 10.8. The molecule has 0 aromatic heterocycles. The second-order valence-electron chi connectivity index (χ2n) is 12.1. The average Bonchev–Trinajstić information content (AvgIpc) is 3.10. The lowest BCUT2D eigenvalue weighted by Gasteiger charge is -2.62. The predicted octanol–water partition coefficient (Wildman–Crippen LogP) is 3.59. The molecule has 182 valence electrons. The molecule has 6 heteroatoms. The summed E-state index contributed by atoms with van der Waals surface area (Å²) in [7, 11) is 0. The van der Waals surface area contributed by atoms with Crippen LogP contribution in [0.25, 0.3) is 0 Å². The van der Waals surface area contributed by atoms with Gasteiger partial charge in [-0.15, -0.1) is 0 Å². The Kier molecular flexibility index (Phi) is 6.68. The third kappa shape index (κ3) is 4.00. The van der Waals surface area contributed by atoms with Gasteiger partial charge in [0.15, 0.2) is 0 Å². The predicted molar refractivity (Wildman–Crippen MR) is 122 cm³/mol. The first-order chi connectivity index (χ1) is 15.1. The van der Waals surface area contributed by atoms with Crippen molar-refractivity contribution in [3.8, 4) is 0 Å². The maximum Gasteiger partial charge on any atom is 0.322 e. The van der Waals surface area contributed by atoms with Crippen LogP contribution in [0.3, 0.4) is 0 Å². The summed E-state index contributed by atoms with van der Waals surface area (Å²) < 4.78 is 0. The standard InChI is InChI=1S/C26H43NO5/c1-15(4-9-23(30)27-14-24(31)32)19-7-8-20-18-6-5-16-12-17(28)10-11-25(16,2)21(18)13-22(29)26(19,20)3/h15-22,28-29H,4-14H2,1-3H3,(H,27,30)(H,31,32)/t15-,16-,17+,18+,19-,20+,21+,22-,25+,26-/m1/s1. The van der Waals surface area contributed by atoms with Crippen LogP contribution in [0.5, 0.6) is 0 Å². The molecule has 0 unspecified atom stereocenters. The Morgan fingerprint density at radius 3 is 2.50 bits per heavy atom. The summed E-state index contributed by atoms with van der Waals surface area (Å²) in [4.78, 5) is 22.7. The van der Waals surface area contributed by atoms with Crippen molar-refractivity contribution in [2.24, 2.45) is 46.3 Å². The number of fused-ring (bicyclic) bond motifs is 5. The van der Waals surface area contributed by atoms with Crippen LogP contribution in [0.1, 0.15) is 85.0 Å². The van der Waals surface area contributed by atoms with E-state index in [0.29, 0.717) is 41.9 Å². The fourth-order valence-electron chi connectivity index (χ4n) is 8.98. The van der Waals surface area contributed by atoms with Crippen LogP contribution in [0, 0.1) is 46.3 Å². The first kappa shape index (κ1) is 24.0. The molecule has 0 spiro atoms. The van der Waals surface area contributed by atoms with Gasteiger partial charge in [0.1, 0.15) is 6.54 Å². The summed E-state index contributed by atoms with van der Waals surface area (Å²) in [6.45, 7) is 6.65. The molecule has 1 amide bonds. The maximum absolute atomic E-state index is 12.0. The monoisotopic (exact) mass is 449 g/mol. The SMILES string of the molecule is C[C@H](CCC(=O)NCC(=O)O)[C@H]1CC[C@H]2[C@@H]3CC[C@@H]4C[C@@H](O)CC[C@]4(C)[C@H]3C[C@@H](O)[C@]12C. The summed E-state index contributed by atoms with van der Waals surface area (Å²) in [6.07, 6.45) is 9.12. The number of hydrogen-bond donors (Lipinski definition) is 4. The Bertz CT molecular complexity index is 727. The molecule has 0 heterocycles. The second-order valence-corrected chi connectivity index (χ2v) is 12.1. The maximum atomic E-state index is 12.0. The van der Waals surface area contributed by atoms with Gasteiger partial charge in [-0.25, -0.2) is 0 Å². The minimum Gasteiger partial charge on any atom is -0.480 e. The highest BCUT2D eigenvalue weighted by Gasteiger charge is 2.63. The number of nitrogens with one attached hydrogen (secondary N) is 1. The summed E-state index contributed by atoms with van der Waals surface area (Å²) in [6, 6.07) is 0. The van der Waals surface area contributed by atoms with E-state index in [2.05, 4.69) is 26.1 Å². The molecule has 0 radical (unpaired) electrons. The topological polar surface area (TPSA) is 107 Å². The molecular weight excluding hydrogens is 406 g/mol. The van der Waals surface area contributed by atoms with Crippen LogP contribution in [-0.4, -0.2) is 45.9 Å². The van der Waals surface area contributed by atoms with E-state index in [9.17, 15) is 19.8 Å². The Hall–Kier alpha value is -1.14. The number of aliphatic hydroxyl groups excluding tert-OH is 2. The number of carboxylic acid groups (broad SMARTS) is 1.